The van der Waals surface area contributed by atoms with Crippen molar-refractivity contribution in [1.82, 2.24) is 0 Å². The Hall–Kier alpha value is -3.80. The molecule has 0 fully saturated rings. The molecule has 0 N–H and O–H groups in total. The first kappa shape index (κ1) is 19.0. The molecule has 6 heteroatoms. The summed E-state index contributed by atoms with van der Waals surface area (Å²) in [6.45, 7) is 1.63. The smallest absolute Gasteiger partial charge is 0.318 e. The number of para-hydroxylation sites is 2. The predicted molar refractivity (Wildman–Crippen MR) is 103 cm³/mol. The fraction of sp³-hybridized carbons (Fsp3) is 0.0909. The van der Waals surface area contributed by atoms with E-state index in [0.717, 1.165) is 0 Å². The van der Waals surface area contributed by atoms with Crippen LogP contribution in [0.3, 0.4) is 0 Å². The first-order valence-corrected chi connectivity index (χ1v) is 8.62. The zero-order valence-electron chi connectivity index (χ0n) is 15.1. The van der Waals surface area contributed by atoms with Gasteiger partial charge in [-0.3, -0.25) is 19.7 Å². The molecule has 0 saturated heterocycles. The van der Waals surface area contributed by atoms with Gasteiger partial charge in [-0.25, -0.2) is 0 Å². The molecule has 28 heavy (non-hydrogen) atoms. The van der Waals surface area contributed by atoms with Crippen LogP contribution in [-0.2, 0) is 4.79 Å². The van der Waals surface area contributed by atoms with Crippen molar-refractivity contribution in [2.45, 2.75) is 12.8 Å². The maximum Gasteiger partial charge on any atom is 0.318 e. The Morgan fingerprint density at radius 3 is 2.25 bits per heavy atom. The van der Waals surface area contributed by atoms with Gasteiger partial charge in [-0.15, -0.1) is 0 Å². The molecule has 1 atom stereocenters. The average Bonchev–Trinajstić information content (AvgIpc) is 2.73. The first-order valence-electron chi connectivity index (χ1n) is 8.62. The number of rotatable bonds is 6. The molecule has 0 aliphatic heterocycles. The van der Waals surface area contributed by atoms with Gasteiger partial charge in [0.2, 0.25) is 5.75 Å². The number of ether oxygens (including phenoxy) is 1. The molecule has 3 aromatic carbocycles. The molecule has 0 radical (unpaired) electrons. The van der Waals surface area contributed by atoms with Crippen molar-refractivity contribution in [3.8, 4) is 5.75 Å². The molecule has 1 unspecified atom stereocenters. The van der Waals surface area contributed by atoms with Gasteiger partial charge in [-0.2, -0.15) is 0 Å². The van der Waals surface area contributed by atoms with E-state index in [1.807, 2.05) is 6.07 Å². The minimum absolute atomic E-state index is 0.110. The molecular weight excluding hydrogens is 358 g/mol. The Morgan fingerprint density at radius 2 is 1.54 bits per heavy atom. The van der Waals surface area contributed by atoms with Crippen molar-refractivity contribution >= 4 is 17.4 Å². The van der Waals surface area contributed by atoms with E-state index in [9.17, 15) is 19.7 Å². The second kappa shape index (κ2) is 8.26. The van der Waals surface area contributed by atoms with Crippen molar-refractivity contribution in [2.75, 3.05) is 0 Å². The van der Waals surface area contributed by atoms with Crippen molar-refractivity contribution in [3.05, 3.63) is 106 Å². The standard InChI is InChI=1S/C22H17NO5/c1-15(22(25)28-20-13-6-5-12-19(20)23(26)27)17-10-7-11-18(14-17)21(24)16-8-3-2-4-9-16/h2-15H,1H3. The van der Waals surface area contributed by atoms with E-state index in [0.29, 0.717) is 16.7 Å². The van der Waals surface area contributed by atoms with Gasteiger partial charge in [0.25, 0.3) is 0 Å². The van der Waals surface area contributed by atoms with E-state index in [2.05, 4.69) is 0 Å². The van der Waals surface area contributed by atoms with Gasteiger partial charge in [0.1, 0.15) is 0 Å². The molecule has 0 saturated carbocycles. The lowest BCUT2D eigenvalue weighted by atomic mass is 9.96. The Morgan fingerprint density at radius 1 is 0.893 bits per heavy atom. The van der Waals surface area contributed by atoms with Gasteiger partial charge in [-0.05, 0) is 24.6 Å². The van der Waals surface area contributed by atoms with Gasteiger partial charge in [0.15, 0.2) is 5.78 Å². The Bertz CT molecular complexity index is 1030. The topological polar surface area (TPSA) is 86.5 Å². The highest BCUT2D eigenvalue weighted by Gasteiger charge is 2.23. The number of benzene rings is 3. The zero-order valence-corrected chi connectivity index (χ0v) is 15.1. The minimum atomic E-state index is -0.705. The SMILES string of the molecule is CC(C(=O)Oc1ccccc1[N+](=O)[O-])c1cccc(C(=O)c2ccccc2)c1. The van der Waals surface area contributed by atoms with Gasteiger partial charge < -0.3 is 4.74 Å². The fourth-order valence-corrected chi connectivity index (χ4v) is 2.73. The Kier molecular flexibility index (Phi) is 5.60. The number of esters is 1. The second-order valence-electron chi connectivity index (χ2n) is 6.19. The Labute approximate surface area is 161 Å². The lowest BCUT2D eigenvalue weighted by Gasteiger charge is -2.13. The number of carbonyl (C=O) groups excluding carboxylic acids is 2. The van der Waals surface area contributed by atoms with Crippen molar-refractivity contribution in [1.29, 1.82) is 0 Å². The van der Waals surface area contributed by atoms with Gasteiger partial charge in [-0.1, -0.05) is 60.7 Å². The van der Waals surface area contributed by atoms with E-state index < -0.39 is 16.8 Å². The first-order chi connectivity index (χ1) is 13.5. The summed E-state index contributed by atoms with van der Waals surface area (Å²) in [6, 6.07) is 21.3. The highest BCUT2D eigenvalue weighted by Crippen LogP contribution is 2.28. The number of hydrogen-bond acceptors (Lipinski definition) is 5. The quantitative estimate of drug-likeness (QED) is 0.208. The number of ketones is 1. The van der Waals surface area contributed by atoms with Gasteiger partial charge in [0, 0.05) is 17.2 Å². The molecule has 3 rings (SSSR count). The fourth-order valence-electron chi connectivity index (χ4n) is 2.73. The van der Waals surface area contributed by atoms with Crippen molar-refractivity contribution in [3.63, 3.8) is 0 Å². The zero-order chi connectivity index (χ0) is 20.1. The number of nitro benzene ring substituents is 1. The average molecular weight is 375 g/mol. The van der Waals surface area contributed by atoms with Crippen LogP contribution < -0.4 is 4.74 Å². The number of nitrogens with zero attached hydrogens (tertiary/aromatic N) is 1. The third kappa shape index (κ3) is 4.12. The van der Waals surface area contributed by atoms with Crippen LogP contribution >= 0.6 is 0 Å². The lowest BCUT2D eigenvalue weighted by molar-refractivity contribution is -0.385. The molecule has 0 spiro atoms. The van der Waals surface area contributed by atoms with Crippen LogP contribution in [0.25, 0.3) is 0 Å². The largest absolute Gasteiger partial charge is 0.419 e. The monoisotopic (exact) mass is 375 g/mol. The third-order valence-electron chi connectivity index (χ3n) is 4.31. The maximum absolute atomic E-state index is 12.6. The molecular formula is C22H17NO5. The van der Waals surface area contributed by atoms with Crippen molar-refractivity contribution in [2.24, 2.45) is 0 Å². The number of carbonyl (C=O) groups is 2. The molecule has 0 bridgehead atoms. The molecule has 6 nitrogen and oxygen atoms in total. The van der Waals surface area contributed by atoms with E-state index in [4.69, 9.17) is 4.74 Å². The van der Waals surface area contributed by atoms with E-state index in [1.54, 1.807) is 61.5 Å². The Balaban J connectivity index is 1.81. The van der Waals surface area contributed by atoms with Gasteiger partial charge in [0.05, 0.1) is 10.8 Å². The highest BCUT2D eigenvalue weighted by atomic mass is 16.6. The summed E-state index contributed by atoms with van der Waals surface area (Å²) in [5, 5.41) is 11.1. The summed E-state index contributed by atoms with van der Waals surface area (Å²) in [4.78, 5) is 35.6. The molecule has 0 aliphatic carbocycles. The van der Waals surface area contributed by atoms with Crippen LogP contribution in [0.1, 0.15) is 34.3 Å². The normalized spacial score (nSPS) is 11.5. The third-order valence-corrected chi connectivity index (χ3v) is 4.31. The predicted octanol–water partition coefficient (Wildman–Crippen LogP) is 4.53. The maximum atomic E-state index is 12.6. The summed E-state index contributed by atoms with van der Waals surface area (Å²) in [5.74, 6) is -1.61. The summed E-state index contributed by atoms with van der Waals surface area (Å²) in [7, 11) is 0. The molecule has 0 aromatic heterocycles. The van der Waals surface area contributed by atoms with E-state index in [-0.39, 0.29) is 17.2 Å². The van der Waals surface area contributed by atoms with Crippen molar-refractivity contribution < 1.29 is 19.2 Å². The van der Waals surface area contributed by atoms with Gasteiger partial charge >= 0.3 is 11.7 Å². The molecule has 0 heterocycles. The minimum Gasteiger partial charge on any atom is -0.419 e. The van der Waals surface area contributed by atoms with Crippen LogP contribution in [-0.4, -0.2) is 16.7 Å². The summed E-state index contributed by atoms with van der Waals surface area (Å²) >= 11 is 0. The molecule has 0 aliphatic rings. The lowest BCUT2D eigenvalue weighted by Crippen LogP contribution is -2.17. The van der Waals surface area contributed by atoms with Crippen LogP contribution in [0.4, 0.5) is 5.69 Å². The summed E-state index contributed by atoms with van der Waals surface area (Å²) < 4.78 is 5.24. The summed E-state index contributed by atoms with van der Waals surface area (Å²) in [6.07, 6.45) is 0. The van der Waals surface area contributed by atoms with Crippen LogP contribution in [0.2, 0.25) is 0 Å². The second-order valence-corrected chi connectivity index (χ2v) is 6.19. The molecule has 3 aromatic rings. The highest BCUT2D eigenvalue weighted by molar-refractivity contribution is 6.09. The van der Waals surface area contributed by atoms with Crippen LogP contribution in [0, 0.1) is 10.1 Å². The van der Waals surface area contributed by atoms with E-state index >= 15 is 0 Å². The molecule has 0 amide bonds. The number of hydrogen-bond donors (Lipinski definition) is 0. The van der Waals surface area contributed by atoms with Crippen LogP contribution in [0.15, 0.2) is 78.9 Å². The van der Waals surface area contributed by atoms with E-state index in [1.165, 1.54) is 18.2 Å². The summed E-state index contributed by atoms with van der Waals surface area (Å²) in [5.41, 5.74) is 1.31. The number of nitro groups is 1. The molecule has 140 valence electrons. The van der Waals surface area contributed by atoms with Crippen LogP contribution in [0.5, 0.6) is 5.75 Å².